The maximum Gasteiger partial charge on any atom is 0.259 e. The second-order valence-electron chi connectivity index (χ2n) is 8.65. The Kier molecular flexibility index (Phi) is 6.11. The zero-order valence-electron chi connectivity index (χ0n) is 20.7. The number of aromatic nitrogens is 3. The van der Waals surface area contributed by atoms with E-state index in [9.17, 15) is 4.79 Å². The number of likely N-dealkylation sites (N-methyl/N-ethyl adjacent to an activating group) is 1. The summed E-state index contributed by atoms with van der Waals surface area (Å²) < 4.78 is 18.2. The molecule has 0 aliphatic carbocycles. The number of rotatable bonds is 6. The molecule has 0 bridgehead atoms. The predicted octanol–water partition coefficient (Wildman–Crippen LogP) is 3.12. The fourth-order valence-corrected chi connectivity index (χ4v) is 4.57. The molecule has 3 heterocycles. The average Bonchev–Trinajstić information content (AvgIpc) is 2.88. The molecule has 1 aliphatic rings. The molecule has 0 fully saturated rings. The van der Waals surface area contributed by atoms with Crippen molar-refractivity contribution in [2.24, 2.45) is 0 Å². The van der Waals surface area contributed by atoms with Crippen LogP contribution < -0.4 is 30.8 Å². The molecule has 0 saturated heterocycles. The lowest BCUT2D eigenvalue weighted by atomic mass is 9.99. The second kappa shape index (κ2) is 9.38. The lowest BCUT2D eigenvalue weighted by Crippen LogP contribution is -2.26. The van der Waals surface area contributed by atoms with Crippen molar-refractivity contribution >= 4 is 28.4 Å². The first kappa shape index (κ1) is 23.4. The van der Waals surface area contributed by atoms with Crippen LogP contribution in [0.1, 0.15) is 11.1 Å². The molecule has 4 aromatic rings. The lowest BCUT2D eigenvalue weighted by molar-refractivity contribution is 0.312. The molecule has 10 nitrogen and oxygen atoms in total. The summed E-state index contributed by atoms with van der Waals surface area (Å²) in [4.78, 5) is 24.7. The minimum atomic E-state index is -0.373. The molecule has 0 unspecified atom stereocenters. The zero-order chi connectivity index (χ0) is 25.4. The number of pyridine rings is 1. The highest BCUT2D eigenvalue weighted by Crippen LogP contribution is 2.35. The molecule has 36 heavy (non-hydrogen) atoms. The average molecular weight is 489 g/mol. The van der Waals surface area contributed by atoms with Gasteiger partial charge in [0, 0.05) is 31.0 Å². The molecule has 1 aliphatic heterocycles. The third kappa shape index (κ3) is 4.05. The van der Waals surface area contributed by atoms with Crippen LogP contribution in [0.15, 0.2) is 47.4 Å². The minimum absolute atomic E-state index is 0.279. The van der Waals surface area contributed by atoms with E-state index < -0.39 is 0 Å². The number of nitrogen functional groups attached to an aromatic ring is 1. The van der Waals surface area contributed by atoms with Crippen LogP contribution in [0.5, 0.6) is 17.2 Å². The van der Waals surface area contributed by atoms with E-state index in [4.69, 9.17) is 24.9 Å². The van der Waals surface area contributed by atoms with Crippen molar-refractivity contribution in [1.29, 1.82) is 0 Å². The number of hydrogen-bond donors (Lipinski definition) is 2. The Labute approximate surface area is 208 Å². The highest BCUT2D eigenvalue weighted by atomic mass is 16.5. The fourth-order valence-electron chi connectivity index (χ4n) is 4.57. The van der Waals surface area contributed by atoms with E-state index in [1.165, 1.54) is 36.0 Å². The molecule has 0 radical (unpaired) electrons. The van der Waals surface area contributed by atoms with Gasteiger partial charge in [-0.15, -0.1) is 0 Å². The number of fused-ring (bicyclic) bond motifs is 2. The first-order valence-electron chi connectivity index (χ1n) is 11.5. The summed E-state index contributed by atoms with van der Waals surface area (Å²) in [6, 6.07) is 10.7. The Bertz CT molecular complexity index is 1490. The molecule has 186 valence electrons. The van der Waals surface area contributed by atoms with Gasteiger partial charge in [0.2, 0.25) is 5.95 Å². The van der Waals surface area contributed by atoms with Crippen LogP contribution in [-0.2, 0) is 13.0 Å². The Balaban J connectivity index is 1.68. The summed E-state index contributed by atoms with van der Waals surface area (Å²) in [7, 11) is 6.80. The monoisotopic (exact) mass is 488 g/mol. The van der Waals surface area contributed by atoms with Crippen molar-refractivity contribution < 1.29 is 14.2 Å². The summed E-state index contributed by atoms with van der Waals surface area (Å²) in [5, 5.41) is 3.79. The van der Waals surface area contributed by atoms with Crippen molar-refractivity contribution in [3.05, 3.63) is 64.1 Å². The van der Waals surface area contributed by atoms with Crippen molar-refractivity contribution in [2.45, 2.75) is 13.0 Å². The molecule has 0 amide bonds. The predicted molar refractivity (Wildman–Crippen MR) is 139 cm³/mol. The van der Waals surface area contributed by atoms with E-state index in [1.807, 2.05) is 0 Å². The van der Waals surface area contributed by atoms with Gasteiger partial charge in [-0.1, -0.05) is 6.07 Å². The zero-order valence-corrected chi connectivity index (χ0v) is 20.7. The van der Waals surface area contributed by atoms with Gasteiger partial charge in [-0.3, -0.25) is 9.36 Å². The molecule has 0 saturated carbocycles. The molecule has 3 N–H and O–H groups in total. The highest BCUT2D eigenvalue weighted by Gasteiger charge is 2.21. The van der Waals surface area contributed by atoms with Gasteiger partial charge in [0.15, 0.2) is 5.65 Å². The van der Waals surface area contributed by atoms with Gasteiger partial charge in [-0.05, 0) is 48.9 Å². The Morgan fingerprint density at radius 3 is 2.42 bits per heavy atom. The van der Waals surface area contributed by atoms with Crippen molar-refractivity contribution in [3.8, 4) is 22.9 Å². The quantitative estimate of drug-likeness (QED) is 0.422. The molecular formula is C26H28N6O4. The van der Waals surface area contributed by atoms with Crippen molar-refractivity contribution in [2.75, 3.05) is 46.0 Å². The van der Waals surface area contributed by atoms with E-state index in [0.29, 0.717) is 34.0 Å². The highest BCUT2D eigenvalue weighted by molar-refractivity contribution is 5.89. The Hall–Kier alpha value is -4.31. The van der Waals surface area contributed by atoms with Crippen LogP contribution in [0.4, 0.5) is 17.3 Å². The number of nitrogens with two attached hydrogens (primary N) is 1. The molecule has 2 aromatic heterocycles. The fraction of sp³-hybridized carbons (Fsp3) is 0.269. The number of methoxy groups -OCH3 is 3. The van der Waals surface area contributed by atoms with Gasteiger partial charge in [0.25, 0.3) is 5.56 Å². The molecule has 5 rings (SSSR count). The van der Waals surface area contributed by atoms with Gasteiger partial charge < -0.3 is 30.2 Å². The van der Waals surface area contributed by atoms with Crippen LogP contribution in [0.25, 0.3) is 16.7 Å². The smallest absolute Gasteiger partial charge is 0.259 e. The molecule has 10 heteroatoms. The van der Waals surface area contributed by atoms with Crippen LogP contribution in [0.3, 0.4) is 0 Å². The van der Waals surface area contributed by atoms with Crippen LogP contribution in [-0.4, -0.2) is 54.4 Å². The largest absolute Gasteiger partial charge is 0.495 e. The lowest BCUT2D eigenvalue weighted by Gasteiger charge is -2.26. The maximum absolute atomic E-state index is 13.2. The second-order valence-corrected chi connectivity index (χ2v) is 8.65. The standard InChI is InChI=1S/C26H28N6O4/c1-31-9-8-15-11-22(36-4)19(10-16(15)14-31)29-26-28-13-17-18(27)12-23(33)32(25(17)30-26)24-20(34-2)6-5-7-21(24)35-3/h5-7,10-13H,8-9,14,27H2,1-4H3,(H,28,29,30). The van der Waals surface area contributed by atoms with Crippen LogP contribution >= 0.6 is 0 Å². The van der Waals surface area contributed by atoms with Crippen molar-refractivity contribution in [1.82, 2.24) is 19.4 Å². The summed E-state index contributed by atoms with van der Waals surface area (Å²) in [5.74, 6) is 1.89. The SMILES string of the molecule is COc1cc2c(cc1Nc1ncc3c(N)cc(=O)n(-c4c(OC)cccc4OC)c3n1)CN(C)CC2. The molecule has 0 atom stereocenters. The number of nitrogens with zero attached hydrogens (tertiary/aromatic N) is 4. The number of hydrogen-bond acceptors (Lipinski definition) is 9. The maximum atomic E-state index is 13.2. The van der Waals surface area contributed by atoms with Gasteiger partial charge in [-0.2, -0.15) is 4.98 Å². The Morgan fingerprint density at radius 2 is 1.72 bits per heavy atom. The van der Waals surface area contributed by atoms with E-state index >= 15 is 0 Å². The third-order valence-electron chi connectivity index (χ3n) is 6.39. The van der Waals surface area contributed by atoms with Crippen molar-refractivity contribution in [3.63, 3.8) is 0 Å². The van der Waals surface area contributed by atoms with E-state index in [-0.39, 0.29) is 17.2 Å². The normalized spacial score (nSPS) is 13.3. The number of para-hydroxylation sites is 1. The molecule has 0 spiro atoms. The number of benzene rings is 2. The van der Waals surface area contributed by atoms with E-state index in [1.54, 1.807) is 31.5 Å². The minimum Gasteiger partial charge on any atom is -0.495 e. The number of anilines is 3. The number of nitrogens with one attached hydrogen (secondary N) is 1. The van der Waals surface area contributed by atoms with E-state index in [2.05, 4.69) is 34.4 Å². The van der Waals surface area contributed by atoms with Crippen LogP contribution in [0, 0.1) is 0 Å². The van der Waals surface area contributed by atoms with Gasteiger partial charge in [0.1, 0.15) is 22.9 Å². The summed E-state index contributed by atoms with van der Waals surface area (Å²) >= 11 is 0. The van der Waals surface area contributed by atoms with Gasteiger partial charge in [0.05, 0.1) is 32.4 Å². The van der Waals surface area contributed by atoms with Crippen LogP contribution in [0.2, 0.25) is 0 Å². The summed E-state index contributed by atoms with van der Waals surface area (Å²) in [5.41, 5.74) is 10.0. The molecule has 2 aromatic carbocycles. The topological polar surface area (TPSA) is 117 Å². The Morgan fingerprint density at radius 1 is 1.00 bits per heavy atom. The third-order valence-corrected chi connectivity index (χ3v) is 6.39. The van der Waals surface area contributed by atoms with Gasteiger partial charge >= 0.3 is 0 Å². The summed E-state index contributed by atoms with van der Waals surface area (Å²) in [6.07, 6.45) is 2.55. The first-order chi connectivity index (χ1) is 17.4. The molecular weight excluding hydrogens is 460 g/mol. The summed E-state index contributed by atoms with van der Waals surface area (Å²) in [6.45, 7) is 1.85. The first-order valence-corrected chi connectivity index (χ1v) is 11.5. The van der Waals surface area contributed by atoms with E-state index in [0.717, 1.165) is 25.2 Å². The van der Waals surface area contributed by atoms with Gasteiger partial charge in [-0.25, -0.2) is 4.98 Å². The number of ether oxygens (including phenoxy) is 3.